The summed E-state index contributed by atoms with van der Waals surface area (Å²) >= 11 is 0. The number of methoxy groups -OCH3 is 1. The summed E-state index contributed by atoms with van der Waals surface area (Å²) in [6.07, 6.45) is 0.455. The van der Waals surface area contributed by atoms with Gasteiger partial charge in [-0.1, -0.05) is 11.8 Å². The van der Waals surface area contributed by atoms with Gasteiger partial charge in [0.15, 0.2) is 0 Å². The topological polar surface area (TPSA) is 55.5 Å². The molecule has 0 aliphatic carbocycles. The normalized spacial score (nSPS) is 9.00. The Morgan fingerprint density at radius 2 is 2.29 bits per heavy atom. The average Bonchev–Trinajstić information content (AvgIpc) is 2.21. The molecule has 0 bridgehead atoms. The Balaban J connectivity index is 2.91. The number of anilines is 1. The molecule has 0 radical (unpaired) electrons. The number of aliphatic hydroxyl groups is 1. The van der Waals surface area contributed by atoms with E-state index in [0.29, 0.717) is 12.1 Å². The minimum atomic E-state index is 0.0663. The van der Waals surface area contributed by atoms with Gasteiger partial charge >= 0.3 is 0 Å². The minimum absolute atomic E-state index is 0.0663. The highest BCUT2D eigenvalue weighted by atomic mass is 16.5. The van der Waals surface area contributed by atoms with Crippen LogP contribution in [0.15, 0.2) is 18.2 Å². The van der Waals surface area contributed by atoms with E-state index in [9.17, 15) is 0 Å². The third-order valence-corrected chi connectivity index (χ3v) is 1.72. The zero-order valence-electron chi connectivity index (χ0n) is 8.08. The summed E-state index contributed by atoms with van der Waals surface area (Å²) < 4.78 is 5.04. The largest absolute Gasteiger partial charge is 0.497 e. The number of aliphatic hydroxyl groups excluding tert-OH is 1. The van der Waals surface area contributed by atoms with Gasteiger partial charge in [-0.3, -0.25) is 0 Å². The quantitative estimate of drug-likeness (QED) is 0.542. The van der Waals surface area contributed by atoms with Crippen molar-refractivity contribution < 1.29 is 9.84 Å². The number of nitrogen functional groups attached to an aromatic ring is 1. The molecule has 0 saturated carbocycles. The standard InChI is InChI=1S/C11H13NO2/c1-14-10-5-6-11(12)9(8-10)4-2-3-7-13/h5-6,8,13H,3,7,12H2,1H3. The van der Waals surface area contributed by atoms with Crippen molar-refractivity contribution in [3.63, 3.8) is 0 Å². The van der Waals surface area contributed by atoms with Crippen LogP contribution < -0.4 is 10.5 Å². The Morgan fingerprint density at radius 1 is 1.50 bits per heavy atom. The second kappa shape index (κ2) is 5.15. The van der Waals surface area contributed by atoms with E-state index < -0.39 is 0 Å². The first-order valence-corrected chi connectivity index (χ1v) is 4.31. The van der Waals surface area contributed by atoms with Crippen molar-refractivity contribution in [2.24, 2.45) is 0 Å². The van der Waals surface area contributed by atoms with Crippen molar-refractivity contribution in [3.8, 4) is 17.6 Å². The molecule has 0 aliphatic rings. The Labute approximate surface area is 83.5 Å². The third kappa shape index (κ3) is 2.68. The van der Waals surface area contributed by atoms with E-state index in [1.165, 1.54) is 0 Å². The Kier molecular flexibility index (Phi) is 3.84. The number of hydrogen-bond acceptors (Lipinski definition) is 3. The van der Waals surface area contributed by atoms with Gasteiger partial charge in [-0.2, -0.15) is 0 Å². The molecule has 1 aromatic rings. The first-order valence-electron chi connectivity index (χ1n) is 4.31. The number of rotatable bonds is 2. The maximum absolute atomic E-state index is 8.56. The fourth-order valence-electron chi connectivity index (χ4n) is 0.984. The number of benzene rings is 1. The highest BCUT2D eigenvalue weighted by Crippen LogP contribution is 2.18. The van der Waals surface area contributed by atoms with Gasteiger partial charge in [-0.15, -0.1) is 0 Å². The molecule has 0 heterocycles. The van der Waals surface area contributed by atoms with Crippen molar-refractivity contribution in [3.05, 3.63) is 23.8 Å². The van der Waals surface area contributed by atoms with Gasteiger partial charge < -0.3 is 15.6 Å². The Hall–Kier alpha value is -1.66. The van der Waals surface area contributed by atoms with Crippen LogP contribution >= 0.6 is 0 Å². The summed E-state index contributed by atoms with van der Waals surface area (Å²) in [5.74, 6) is 6.41. The molecule has 1 rings (SSSR count). The van der Waals surface area contributed by atoms with Gasteiger partial charge in [0.2, 0.25) is 0 Å². The van der Waals surface area contributed by atoms with Crippen molar-refractivity contribution in [1.82, 2.24) is 0 Å². The van der Waals surface area contributed by atoms with E-state index in [2.05, 4.69) is 11.8 Å². The van der Waals surface area contributed by atoms with Crippen molar-refractivity contribution in [1.29, 1.82) is 0 Å². The van der Waals surface area contributed by atoms with E-state index in [1.54, 1.807) is 25.3 Å². The van der Waals surface area contributed by atoms with Gasteiger partial charge in [0.05, 0.1) is 19.3 Å². The molecule has 0 spiro atoms. The van der Waals surface area contributed by atoms with E-state index in [4.69, 9.17) is 15.6 Å². The van der Waals surface area contributed by atoms with Crippen LogP contribution in [0.5, 0.6) is 5.75 Å². The Morgan fingerprint density at radius 3 is 2.93 bits per heavy atom. The molecule has 0 aliphatic heterocycles. The maximum atomic E-state index is 8.56. The molecule has 0 unspecified atom stereocenters. The molecule has 3 heteroatoms. The smallest absolute Gasteiger partial charge is 0.120 e. The molecule has 0 fully saturated rings. The summed E-state index contributed by atoms with van der Waals surface area (Å²) in [4.78, 5) is 0. The van der Waals surface area contributed by atoms with Crippen LogP contribution in [0.4, 0.5) is 5.69 Å². The Bertz CT molecular complexity index is 363. The van der Waals surface area contributed by atoms with Crippen LogP contribution in [0.1, 0.15) is 12.0 Å². The van der Waals surface area contributed by atoms with Crippen molar-refractivity contribution >= 4 is 5.69 Å². The fourth-order valence-corrected chi connectivity index (χ4v) is 0.984. The van der Waals surface area contributed by atoms with Gasteiger partial charge in [0.25, 0.3) is 0 Å². The zero-order valence-corrected chi connectivity index (χ0v) is 8.08. The molecule has 0 atom stereocenters. The second-order valence-corrected chi connectivity index (χ2v) is 2.73. The second-order valence-electron chi connectivity index (χ2n) is 2.73. The van der Waals surface area contributed by atoms with E-state index in [1.807, 2.05) is 0 Å². The van der Waals surface area contributed by atoms with E-state index in [0.717, 1.165) is 11.3 Å². The number of nitrogens with two attached hydrogens (primary N) is 1. The molecule has 3 N–H and O–H groups in total. The van der Waals surface area contributed by atoms with Crippen LogP contribution in [0.3, 0.4) is 0 Å². The van der Waals surface area contributed by atoms with Gasteiger partial charge in [-0.25, -0.2) is 0 Å². The molecular formula is C11H13NO2. The molecule has 0 saturated heterocycles. The van der Waals surface area contributed by atoms with Crippen molar-refractivity contribution in [2.45, 2.75) is 6.42 Å². The summed E-state index contributed by atoms with van der Waals surface area (Å²) in [5.41, 5.74) is 7.06. The molecule has 74 valence electrons. The summed E-state index contributed by atoms with van der Waals surface area (Å²) in [6.45, 7) is 0.0663. The lowest BCUT2D eigenvalue weighted by atomic mass is 10.1. The highest BCUT2D eigenvalue weighted by molar-refractivity contribution is 5.58. The predicted octanol–water partition coefficient (Wildman–Crippen LogP) is 1.01. The van der Waals surface area contributed by atoms with E-state index >= 15 is 0 Å². The number of ether oxygens (including phenoxy) is 1. The maximum Gasteiger partial charge on any atom is 0.120 e. The molecule has 3 nitrogen and oxygen atoms in total. The monoisotopic (exact) mass is 191 g/mol. The SMILES string of the molecule is COc1ccc(N)c(C#CCCO)c1. The van der Waals surface area contributed by atoms with E-state index in [-0.39, 0.29) is 6.61 Å². The summed E-state index contributed by atoms with van der Waals surface area (Å²) in [6, 6.07) is 5.31. The summed E-state index contributed by atoms with van der Waals surface area (Å²) in [5, 5.41) is 8.56. The molecule has 0 aromatic heterocycles. The molecule has 1 aromatic carbocycles. The van der Waals surface area contributed by atoms with Crippen LogP contribution in [0.2, 0.25) is 0 Å². The highest BCUT2D eigenvalue weighted by Gasteiger charge is 1.97. The van der Waals surface area contributed by atoms with Crippen LogP contribution in [-0.4, -0.2) is 18.8 Å². The number of hydrogen-bond donors (Lipinski definition) is 2. The average molecular weight is 191 g/mol. The lowest BCUT2D eigenvalue weighted by Crippen LogP contribution is -1.91. The zero-order chi connectivity index (χ0) is 10.4. The molecular weight excluding hydrogens is 178 g/mol. The molecule has 14 heavy (non-hydrogen) atoms. The van der Waals surface area contributed by atoms with Crippen LogP contribution in [0.25, 0.3) is 0 Å². The summed E-state index contributed by atoms with van der Waals surface area (Å²) in [7, 11) is 1.59. The minimum Gasteiger partial charge on any atom is -0.497 e. The first-order chi connectivity index (χ1) is 6.77. The van der Waals surface area contributed by atoms with Gasteiger partial charge in [0, 0.05) is 12.1 Å². The predicted molar refractivity (Wildman–Crippen MR) is 56.0 cm³/mol. The lowest BCUT2D eigenvalue weighted by molar-refractivity contribution is 0.305. The van der Waals surface area contributed by atoms with Gasteiger partial charge in [-0.05, 0) is 18.2 Å². The fraction of sp³-hybridized carbons (Fsp3) is 0.273. The molecule has 0 amide bonds. The van der Waals surface area contributed by atoms with Gasteiger partial charge in [0.1, 0.15) is 5.75 Å². The van der Waals surface area contributed by atoms with Crippen LogP contribution in [-0.2, 0) is 0 Å². The first kappa shape index (κ1) is 10.4. The third-order valence-electron chi connectivity index (χ3n) is 1.72. The van der Waals surface area contributed by atoms with Crippen molar-refractivity contribution in [2.75, 3.05) is 19.5 Å². The lowest BCUT2D eigenvalue weighted by Gasteiger charge is -2.02. The van der Waals surface area contributed by atoms with Crippen LogP contribution in [0, 0.1) is 11.8 Å².